The van der Waals surface area contributed by atoms with E-state index in [1.807, 2.05) is 0 Å². The molecular formula is C22H24N2O5S. The summed E-state index contributed by atoms with van der Waals surface area (Å²) in [6, 6.07) is 12.1. The normalized spacial score (nSPS) is 16.3. The van der Waals surface area contributed by atoms with E-state index in [-0.39, 0.29) is 23.4 Å². The topological polar surface area (TPSA) is 84.9 Å². The zero-order valence-electron chi connectivity index (χ0n) is 17.3. The third-order valence-electron chi connectivity index (χ3n) is 4.79. The number of anilines is 2. The van der Waals surface area contributed by atoms with Crippen molar-refractivity contribution in [2.75, 3.05) is 30.1 Å². The molecule has 2 aromatic carbocycles. The standard InChI is InChI=1S/C22H24N2O5S/c1-13-22(27)24(3)18-11-15(5-10-19(18)29-13)21(26)14(2)30-12-20(25)23-16-6-8-17(28-4)9-7-16/h5-11,13-14H,12H2,1-4H3,(H,23,25). The van der Waals surface area contributed by atoms with Crippen LogP contribution in [0.4, 0.5) is 11.4 Å². The predicted molar refractivity (Wildman–Crippen MR) is 118 cm³/mol. The first-order valence-corrected chi connectivity index (χ1v) is 10.5. The lowest BCUT2D eigenvalue weighted by molar-refractivity contribution is -0.125. The van der Waals surface area contributed by atoms with Gasteiger partial charge >= 0.3 is 0 Å². The van der Waals surface area contributed by atoms with E-state index in [1.165, 1.54) is 16.7 Å². The molecule has 1 aliphatic rings. The van der Waals surface area contributed by atoms with Gasteiger partial charge < -0.3 is 19.7 Å². The summed E-state index contributed by atoms with van der Waals surface area (Å²) in [7, 11) is 3.24. The van der Waals surface area contributed by atoms with Crippen molar-refractivity contribution in [3.63, 3.8) is 0 Å². The number of Topliss-reactive ketones (excluding diaryl/α,β-unsaturated/α-hetero) is 1. The van der Waals surface area contributed by atoms with Crippen molar-refractivity contribution in [2.24, 2.45) is 0 Å². The van der Waals surface area contributed by atoms with E-state index in [0.717, 1.165) is 0 Å². The van der Waals surface area contributed by atoms with Crippen molar-refractivity contribution in [2.45, 2.75) is 25.2 Å². The second-order valence-corrected chi connectivity index (χ2v) is 8.26. The minimum absolute atomic E-state index is 0.112. The Hall–Kier alpha value is -3.00. The molecule has 0 aromatic heterocycles. The average molecular weight is 429 g/mol. The van der Waals surface area contributed by atoms with Gasteiger partial charge in [-0.25, -0.2) is 0 Å². The van der Waals surface area contributed by atoms with Crippen molar-refractivity contribution in [1.29, 1.82) is 0 Å². The molecule has 0 spiro atoms. The van der Waals surface area contributed by atoms with Gasteiger partial charge in [-0.3, -0.25) is 14.4 Å². The summed E-state index contributed by atoms with van der Waals surface area (Å²) in [6.07, 6.45) is -0.553. The van der Waals surface area contributed by atoms with Crippen LogP contribution in [0.5, 0.6) is 11.5 Å². The van der Waals surface area contributed by atoms with Crippen LogP contribution in [0.3, 0.4) is 0 Å². The zero-order valence-corrected chi connectivity index (χ0v) is 18.1. The van der Waals surface area contributed by atoms with E-state index < -0.39 is 11.4 Å². The van der Waals surface area contributed by atoms with Crippen LogP contribution >= 0.6 is 11.8 Å². The minimum atomic E-state index is -0.553. The molecular weight excluding hydrogens is 404 g/mol. The van der Waals surface area contributed by atoms with E-state index in [1.54, 1.807) is 70.5 Å². The van der Waals surface area contributed by atoms with E-state index >= 15 is 0 Å². The predicted octanol–water partition coefficient (Wildman–Crippen LogP) is 3.38. The van der Waals surface area contributed by atoms with E-state index in [2.05, 4.69) is 5.32 Å². The SMILES string of the molecule is COc1ccc(NC(=O)CSC(C)C(=O)c2ccc3c(c2)N(C)C(=O)C(C)O3)cc1. The Balaban J connectivity index is 1.59. The van der Waals surface area contributed by atoms with Crippen LogP contribution in [0.2, 0.25) is 0 Å². The lowest BCUT2D eigenvalue weighted by Gasteiger charge is -2.30. The molecule has 0 saturated heterocycles. The van der Waals surface area contributed by atoms with E-state index in [9.17, 15) is 14.4 Å². The molecule has 0 fully saturated rings. The van der Waals surface area contributed by atoms with Gasteiger partial charge in [0.2, 0.25) is 5.91 Å². The number of ether oxygens (including phenoxy) is 2. The second kappa shape index (κ2) is 9.21. The summed E-state index contributed by atoms with van der Waals surface area (Å²) in [4.78, 5) is 38.6. The number of likely N-dealkylation sites (N-methyl/N-ethyl adjacent to an activating group) is 1. The fraction of sp³-hybridized carbons (Fsp3) is 0.318. The van der Waals surface area contributed by atoms with Crippen LogP contribution in [-0.4, -0.2) is 48.9 Å². The maximum atomic E-state index is 12.8. The lowest BCUT2D eigenvalue weighted by atomic mass is 10.1. The number of nitrogens with one attached hydrogen (secondary N) is 1. The Bertz CT molecular complexity index is 961. The van der Waals surface area contributed by atoms with Crippen LogP contribution in [0, 0.1) is 0 Å². The van der Waals surface area contributed by atoms with Crippen LogP contribution in [0.1, 0.15) is 24.2 Å². The van der Waals surface area contributed by atoms with Crippen molar-refractivity contribution in [3.05, 3.63) is 48.0 Å². The highest BCUT2D eigenvalue weighted by molar-refractivity contribution is 8.01. The first kappa shape index (κ1) is 21.7. The van der Waals surface area contributed by atoms with Crippen LogP contribution in [0.15, 0.2) is 42.5 Å². The largest absolute Gasteiger partial charge is 0.497 e. The molecule has 1 aliphatic heterocycles. The summed E-state index contributed by atoms with van der Waals surface area (Å²) < 4.78 is 10.7. The number of ketones is 1. The van der Waals surface area contributed by atoms with Crippen molar-refractivity contribution < 1.29 is 23.9 Å². The first-order chi connectivity index (χ1) is 14.3. The Morgan fingerprint density at radius 2 is 1.93 bits per heavy atom. The molecule has 0 saturated carbocycles. The molecule has 2 atom stereocenters. The third kappa shape index (κ3) is 4.76. The number of thioether (sulfide) groups is 1. The van der Waals surface area contributed by atoms with Gasteiger partial charge in [0.15, 0.2) is 11.9 Å². The molecule has 0 radical (unpaired) electrons. The molecule has 2 amide bonds. The van der Waals surface area contributed by atoms with Gasteiger partial charge in [-0.1, -0.05) is 0 Å². The van der Waals surface area contributed by atoms with Crippen molar-refractivity contribution >= 4 is 40.7 Å². The third-order valence-corrected chi connectivity index (χ3v) is 5.94. The highest BCUT2D eigenvalue weighted by Gasteiger charge is 2.30. The van der Waals surface area contributed by atoms with Crippen molar-refractivity contribution in [1.82, 2.24) is 0 Å². The number of carbonyl (C=O) groups is 3. The summed E-state index contributed by atoms with van der Waals surface area (Å²) in [5.74, 6) is 0.953. The number of methoxy groups -OCH3 is 1. The molecule has 0 aliphatic carbocycles. The molecule has 0 bridgehead atoms. The second-order valence-electron chi connectivity index (χ2n) is 6.93. The highest BCUT2D eigenvalue weighted by atomic mass is 32.2. The van der Waals surface area contributed by atoms with Gasteiger partial charge in [0.25, 0.3) is 5.91 Å². The quantitative estimate of drug-likeness (QED) is 0.681. The molecule has 30 heavy (non-hydrogen) atoms. The Labute approximate surface area is 179 Å². The number of hydrogen-bond acceptors (Lipinski definition) is 6. The number of rotatable bonds is 7. The maximum absolute atomic E-state index is 12.8. The first-order valence-electron chi connectivity index (χ1n) is 9.48. The van der Waals surface area contributed by atoms with Gasteiger partial charge in [-0.2, -0.15) is 0 Å². The molecule has 1 N–H and O–H groups in total. The fourth-order valence-electron chi connectivity index (χ4n) is 3.05. The number of fused-ring (bicyclic) bond motifs is 1. The monoisotopic (exact) mass is 428 g/mol. The summed E-state index contributed by atoms with van der Waals surface area (Å²) in [5, 5.41) is 2.37. The Morgan fingerprint density at radius 3 is 2.60 bits per heavy atom. The number of nitrogens with zero attached hydrogens (tertiary/aromatic N) is 1. The van der Waals surface area contributed by atoms with Gasteiger partial charge in [0, 0.05) is 18.3 Å². The molecule has 1 heterocycles. The van der Waals surface area contributed by atoms with Gasteiger partial charge in [0.05, 0.1) is 23.8 Å². The van der Waals surface area contributed by atoms with Gasteiger partial charge in [-0.05, 0) is 56.3 Å². The van der Waals surface area contributed by atoms with Crippen LogP contribution < -0.4 is 19.7 Å². The maximum Gasteiger partial charge on any atom is 0.267 e. The fourth-order valence-corrected chi connectivity index (χ4v) is 3.81. The van der Waals surface area contributed by atoms with Crippen molar-refractivity contribution in [3.8, 4) is 11.5 Å². The number of amides is 2. The molecule has 3 rings (SSSR count). The van der Waals surface area contributed by atoms with E-state index in [4.69, 9.17) is 9.47 Å². The lowest BCUT2D eigenvalue weighted by Crippen LogP contribution is -2.42. The van der Waals surface area contributed by atoms with Gasteiger partial charge in [0.1, 0.15) is 11.5 Å². The van der Waals surface area contributed by atoms with Gasteiger partial charge in [-0.15, -0.1) is 11.8 Å². The van der Waals surface area contributed by atoms with Crippen LogP contribution in [-0.2, 0) is 9.59 Å². The average Bonchev–Trinajstić information content (AvgIpc) is 2.75. The molecule has 2 aromatic rings. The molecule has 8 heteroatoms. The van der Waals surface area contributed by atoms with Crippen LogP contribution in [0.25, 0.3) is 0 Å². The molecule has 158 valence electrons. The molecule has 7 nitrogen and oxygen atoms in total. The highest BCUT2D eigenvalue weighted by Crippen LogP contribution is 2.34. The smallest absolute Gasteiger partial charge is 0.267 e. The number of hydrogen-bond donors (Lipinski definition) is 1. The Kier molecular flexibility index (Phi) is 6.66. The number of carbonyl (C=O) groups excluding carboxylic acids is 3. The summed E-state index contributed by atoms with van der Waals surface area (Å²) >= 11 is 1.26. The minimum Gasteiger partial charge on any atom is -0.497 e. The molecule has 2 unspecified atom stereocenters. The number of benzene rings is 2. The summed E-state index contributed by atoms with van der Waals surface area (Å²) in [6.45, 7) is 3.46. The summed E-state index contributed by atoms with van der Waals surface area (Å²) in [5.41, 5.74) is 1.71. The zero-order chi connectivity index (χ0) is 21.8. The van der Waals surface area contributed by atoms with E-state index in [0.29, 0.717) is 28.4 Å². The Morgan fingerprint density at radius 1 is 1.23 bits per heavy atom.